The minimum atomic E-state index is -0.880. The average Bonchev–Trinajstić information content (AvgIpc) is 2.42. The zero-order valence-electron chi connectivity index (χ0n) is 10.5. The van der Waals surface area contributed by atoms with Gasteiger partial charge in [0, 0.05) is 13.1 Å². The number of anilines is 3. The standard InChI is InChI=1S/C13H13F2N3O/c1-18(10-5-3-4-6-11(10)19-2)13-9(15)7-8(14)12(16)17-13/h3-7H,1-2H3,(H2,16,17). The van der Waals surface area contributed by atoms with Gasteiger partial charge in [-0.2, -0.15) is 0 Å². The number of ether oxygens (including phenoxy) is 1. The minimum absolute atomic E-state index is 0.0663. The third kappa shape index (κ3) is 2.42. The molecule has 0 radical (unpaired) electrons. The Morgan fingerprint density at radius 1 is 1.21 bits per heavy atom. The number of benzene rings is 1. The summed E-state index contributed by atoms with van der Waals surface area (Å²) in [6.07, 6.45) is 0. The molecule has 1 aromatic heterocycles. The van der Waals surface area contributed by atoms with Gasteiger partial charge in [0.05, 0.1) is 12.8 Å². The molecular weight excluding hydrogens is 252 g/mol. The van der Waals surface area contributed by atoms with Crippen molar-refractivity contribution in [2.24, 2.45) is 0 Å². The predicted molar refractivity (Wildman–Crippen MR) is 69.6 cm³/mol. The fourth-order valence-corrected chi connectivity index (χ4v) is 1.73. The highest BCUT2D eigenvalue weighted by Crippen LogP contribution is 2.33. The second-order valence-electron chi connectivity index (χ2n) is 3.89. The van der Waals surface area contributed by atoms with Gasteiger partial charge in [-0.1, -0.05) is 12.1 Å². The molecule has 0 atom stereocenters. The number of nitrogens with zero attached hydrogens (tertiary/aromatic N) is 2. The van der Waals surface area contributed by atoms with E-state index in [2.05, 4.69) is 4.98 Å². The number of halogens is 2. The summed E-state index contributed by atoms with van der Waals surface area (Å²) in [5.41, 5.74) is 5.96. The van der Waals surface area contributed by atoms with Gasteiger partial charge in [-0.05, 0) is 12.1 Å². The van der Waals surface area contributed by atoms with Crippen LogP contribution in [0.3, 0.4) is 0 Å². The molecule has 2 aromatic rings. The Bertz CT molecular complexity index is 604. The topological polar surface area (TPSA) is 51.4 Å². The number of para-hydroxylation sites is 2. The first kappa shape index (κ1) is 13.1. The van der Waals surface area contributed by atoms with Crippen molar-refractivity contribution in [3.8, 4) is 5.75 Å². The first-order chi connectivity index (χ1) is 9.04. The van der Waals surface area contributed by atoms with Crippen molar-refractivity contribution in [1.82, 2.24) is 4.98 Å². The van der Waals surface area contributed by atoms with E-state index in [9.17, 15) is 8.78 Å². The normalized spacial score (nSPS) is 10.3. The van der Waals surface area contributed by atoms with Gasteiger partial charge in [-0.3, -0.25) is 0 Å². The Balaban J connectivity index is 2.50. The van der Waals surface area contributed by atoms with Crippen molar-refractivity contribution in [2.45, 2.75) is 0 Å². The van der Waals surface area contributed by atoms with Gasteiger partial charge < -0.3 is 15.4 Å². The molecule has 0 bridgehead atoms. The van der Waals surface area contributed by atoms with Crippen LogP contribution in [-0.2, 0) is 0 Å². The van der Waals surface area contributed by atoms with Crippen LogP contribution in [0.4, 0.5) is 26.1 Å². The summed E-state index contributed by atoms with van der Waals surface area (Å²) < 4.78 is 32.0. The molecule has 1 heterocycles. The van der Waals surface area contributed by atoms with Gasteiger partial charge in [0.15, 0.2) is 23.3 Å². The molecule has 4 nitrogen and oxygen atoms in total. The van der Waals surface area contributed by atoms with E-state index in [4.69, 9.17) is 10.5 Å². The molecule has 6 heteroatoms. The van der Waals surface area contributed by atoms with Gasteiger partial charge in [-0.15, -0.1) is 0 Å². The average molecular weight is 265 g/mol. The van der Waals surface area contributed by atoms with Crippen LogP contribution in [0.25, 0.3) is 0 Å². The maximum Gasteiger partial charge on any atom is 0.171 e. The van der Waals surface area contributed by atoms with E-state index in [1.54, 1.807) is 31.3 Å². The number of nitrogen functional groups attached to an aromatic ring is 1. The van der Waals surface area contributed by atoms with Crippen LogP contribution >= 0.6 is 0 Å². The van der Waals surface area contributed by atoms with Crippen molar-refractivity contribution in [3.05, 3.63) is 42.0 Å². The van der Waals surface area contributed by atoms with E-state index in [0.717, 1.165) is 0 Å². The van der Waals surface area contributed by atoms with Crippen molar-refractivity contribution < 1.29 is 13.5 Å². The van der Waals surface area contributed by atoms with Crippen LogP contribution in [0.5, 0.6) is 5.75 Å². The van der Waals surface area contributed by atoms with E-state index >= 15 is 0 Å². The first-order valence-electron chi connectivity index (χ1n) is 5.53. The molecule has 0 saturated heterocycles. The summed E-state index contributed by atoms with van der Waals surface area (Å²) in [6.45, 7) is 0. The minimum Gasteiger partial charge on any atom is -0.495 e. The highest BCUT2D eigenvalue weighted by atomic mass is 19.1. The molecule has 0 saturated carbocycles. The largest absolute Gasteiger partial charge is 0.495 e. The molecule has 0 spiro atoms. The zero-order chi connectivity index (χ0) is 14.0. The maximum absolute atomic E-state index is 13.8. The van der Waals surface area contributed by atoms with E-state index in [1.807, 2.05) is 0 Å². The summed E-state index contributed by atoms with van der Waals surface area (Å²) in [5.74, 6) is -1.54. The molecule has 0 fully saturated rings. The quantitative estimate of drug-likeness (QED) is 0.927. The summed E-state index contributed by atoms with van der Waals surface area (Å²) in [5, 5.41) is 0. The Hall–Kier alpha value is -2.37. The molecule has 0 amide bonds. The number of pyridine rings is 1. The zero-order valence-corrected chi connectivity index (χ0v) is 10.5. The molecule has 1 aromatic carbocycles. The summed E-state index contributed by atoms with van der Waals surface area (Å²) in [6, 6.07) is 7.75. The Labute approximate surface area is 109 Å². The van der Waals surface area contributed by atoms with Crippen LogP contribution in [0, 0.1) is 11.6 Å². The first-order valence-corrected chi connectivity index (χ1v) is 5.53. The molecule has 2 rings (SSSR count). The van der Waals surface area contributed by atoms with E-state index in [0.29, 0.717) is 17.5 Å². The lowest BCUT2D eigenvalue weighted by atomic mass is 10.2. The van der Waals surface area contributed by atoms with E-state index in [1.165, 1.54) is 12.0 Å². The van der Waals surface area contributed by atoms with Gasteiger partial charge in [-0.25, -0.2) is 13.8 Å². The van der Waals surface area contributed by atoms with Crippen LogP contribution in [-0.4, -0.2) is 19.1 Å². The number of hydrogen-bond acceptors (Lipinski definition) is 4. The molecule has 0 aliphatic rings. The summed E-state index contributed by atoms with van der Waals surface area (Å²) in [4.78, 5) is 5.17. The van der Waals surface area contributed by atoms with Crippen LogP contribution < -0.4 is 15.4 Å². The summed E-state index contributed by atoms with van der Waals surface area (Å²) in [7, 11) is 3.11. The van der Waals surface area contributed by atoms with Gasteiger partial charge >= 0.3 is 0 Å². The van der Waals surface area contributed by atoms with Crippen molar-refractivity contribution >= 4 is 17.3 Å². The Morgan fingerprint density at radius 3 is 2.58 bits per heavy atom. The molecule has 2 N–H and O–H groups in total. The Kier molecular flexibility index (Phi) is 3.50. The predicted octanol–water partition coefficient (Wildman–Crippen LogP) is 2.72. The van der Waals surface area contributed by atoms with Crippen LogP contribution in [0.15, 0.2) is 30.3 Å². The lowest BCUT2D eigenvalue weighted by Gasteiger charge is -2.21. The number of methoxy groups -OCH3 is 1. The molecule has 0 unspecified atom stereocenters. The van der Waals surface area contributed by atoms with Gasteiger partial charge in [0.25, 0.3) is 0 Å². The van der Waals surface area contributed by atoms with Crippen LogP contribution in [0.2, 0.25) is 0 Å². The molecule has 0 aliphatic carbocycles. The number of aromatic nitrogens is 1. The van der Waals surface area contributed by atoms with Gasteiger partial charge in [0.2, 0.25) is 0 Å². The monoisotopic (exact) mass is 265 g/mol. The molecule has 0 aliphatic heterocycles. The van der Waals surface area contributed by atoms with E-state index < -0.39 is 11.6 Å². The number of hydrogen-bond donors (Lipinski definition) is 1. The third-order valence-electron chi connectivity index (χ3n) is 2.70. The maximum atomic E-state index is 13.8. The second-order valence-corrected chi connectivity index (χ2v) is 3.89. The molecular formula is C13H13F2N3O. The van der Waals surface area contributed by atoms with Crippen molar-refractivity contribution in [3.63, 3.8) is 0 Å². The fraction of sp³-hybridized carbons (Fsp3) is 0.154. The second kappa shape index (κ2) is 5.09. The molecule has 19 heavy (non-hydrogen) atoms. The highest BCUT2D eigenvalue weighted by Gasteiger charge is 2.17. The van der Waals surface area contributed by atoms with Crippen LogP contribution in [0.1, 0.15) is 0 Å². The third-order valence-corrected chi connectivity index (χ3v) is 2.70. The Morgan fingerprint density at radius 2 is 1.89 bits per heavy atom. The highest BCUT2D eigenvalue weighted by molar-refractivity contribution is 5.67. The lowest BCUT2D eigenvalue weighted by molar-refractivity contribution is 0.415. The summed E-state index contributed by atoms with van der Waals surface area (Å²) >= 11 is 0. The smallest absolute Gasteiger partial charge is 0.171 e. The van der Waals surface area contributed by atoms with Crippen molar-refractivity contribution in [2.75, 3.05) is 24.8 Å². The molecule has 100 valence electrons. The number of rotatable bonds is 3. The van der Waals surface area contributed by atoms with E-state index in [-0.39, 0.29) is 11.6 Å². The van der Waals surface area contributed by atoms with Crippen molar-refractivity contribution in [1.29, 1.82) is 0 Å². The SMILES string of the molecule is COc1ccccc1N(C)c1nc(N)c(F)cc1F. The fourth-order valence-electron chi connectivity index (χ4n) is 1.73. The van der Waals surface area contributed by atoms with Gasteiger partial charge in [0.1, 0.15) is 5.75 Å². The number of nitrogens with two attached hydrogens (primary N) is 1. The lowest BCUT2D eigenvalue weighted by Crippen LogP contribution is -2.15.